The zero-order chi connectivity index (χ0) is 28.0. The first kappa shape index (κ1) is 30.1. The van der Waals surface area contributed by atoms with E-state index < -0.39 is 24.0 Å². The summed E-state index contributed by atoms with van der Waals surface area (Å²) in [4.78, 5) is 41.4. The van der Waals surface area contributed by atoms with Crippen LogP contribution < -0.4 is 15.4 Å². The summed E-state index contributed by atoms with van der Waals surface area (Å²) in [5.41, 5.74) is 1.88. The van der Waals surface area contributed by atoms with Gasteiger partial charge in [-0.15, -0.1) is 0 Å². The third kappa shape index (κ3) is 10.7. The van der Waals surface area contributed by atoms with Gasteiger partial charge in [-0.3, -0.25) is 14.5 Å². The van der Waals surface area contributed by atoms with Crippen LogP contribution in [0.25, 0.3) is 0 Å². The average Bonchev–Trinajstić information content (AvgIpc) is 2.94. The highest BCUT2D eigenvalue weighted by molar-refractivity contribution is 5.91. The Kier molecular flexibility index (Phi) is 12.2. The van der Waals surface area contributed by atoms with Crippen LogP contribution in [0.2, 0.25) is 0 Å². The highest BCUT2D eigenvalue weighted by Gasteiger charge is 2.29. The van der Waals surface area contributed by atoms with E-state index in [-0.39, 0.29) is 25.0 Å². The van der Waals surface area contributed by atoms with Gasteiger partial charge in [-0.1, -0.05) is 56.3 Å². The van der Waals surface area contributed by atoms with Gasteiger partial charge in [0.15, 0.2) is 0 Å². The standard InChI is InChI=1S/C30H41N3O6/c1-22(2)19-27(30(36)39-21-24-9-12-25(37-3)13-10-24)32-29(35)26(14-11-23-7-5-4-6-8-23)31-28(34)20-33-15-17-38-18-16-33/h4-10,12-13,22,26-27H,11,14-21H2,1-3H3,(H,31,34)(H,32,35). The lowest BCUT2D eigenvalue weighted by molar-refractivity contribution is -0.149. The summed E-state index contributed by atoms with van der Waals surface area (Å²) in [7, 11) is 1.59. The van der Waals surface area contributed by atoms with Crippen LogP contribution >= 0.6 is 0 Å². The molecular weight excluding hydrogens is 498 g/mol. The number of nitrogens with one attached hydrogen (secondary N) is 2. The molecule has 212 valence electrons. The molecule has 2 unspecified atom stereocenters. The molecule has 1 saturated heterocycles. The van der Waals surface area contributed by atoms with Crippen molar-refractivity contribution in [2.24, 2.45) is 5.92 Å². The smallest absolute Gasteiger partial charge is 0.328 e. The predicted molar refractivity (Wildman–Crippen MR) is 148 cm³/mol. The SMILES string of the molecule is COc1ccc(COC(=O)C(CC(C)C)NC(=O)C(CCc2ccccc2)NC(=O)CN2CCOCC2)cc1. The number of carbonyl (C=O) groups is 3. The van der Waals surface area contributed by atoms with Crippen LogP contribution in [0.1, 0.15) is 37.8 Å². The van der Waals surface area contributed by atoms with Gasteiger partial charge in [0.25, 0.3) is 0 Å². The van der Waals surface area contributed by atoms with Gasteiger partial charge in [-0.05, 0) is 48.4 Å². The predicted octanol–water partition coefficient (Wildman–Crippen LogP) is 2.72. The minimum Gasteiger partial charge on any atom is -0.497 e. The molecule has 0 aliphatic carbocycles. The van der Waals surface area contributed by atoms with Crippen molar-refractivity contribution in [1.29, 1.82) is 0 Å². The van der Waals surface area contributed by atoms with Gasteiger partial charge in [0.05, 0.1) is 26.9 Å². The molecule has 39 heavy (non-hydrogen) atoms. The van der Waals surface area contributed by atoms with Crippen molar-refractivity contribution in [3.8, 4) is 5.75 Å². The monoisotopic (exact) mass is 539 g/mol. The van der Waals surface area contributed by atoms with Crippen molar-refractivity contribution in [3.05, 3.63) is 65.7 Å². The van der Waals surface area contributed by atoms with Crippen molar-refractivity contribution >= 4 is 17.8 Å². The molecule has 0 spiro atoms. The molecule has 3 rings (SSSR count). The summed E-state index contributed by atoms with van der Waals surface area (Å²) in [6.45, 7) is 6.75. The number of aryl methyl sites for hydroxylation is 1. The first-order valence-electron chi connectivity index (χ1n) is 13.6. The number of morpholine rings is 1. The van der Waals surface area contributed by atoms with Gasteiger partial charge in [-0.2, -0.15) is 0 Å². The maximum atomic E-state index is 13.5. The van der Waals surface area contributed by atoms with Crippen molar-refractivity contribution in [1.82, 2.24) is 15.5 Å². The molecule has 2 atom stereocenters. The molecule has 2 aromatic carbocycles. The molecule has 1 aliphatic heterocycles. The largest absolute Gasteiger partial charge is 0.497 e. The molecule has 1 aliphatic rings. The van der Waals surface area contributed by atoms with Crippen molar-refractivity contribution in [2.45, 2.75) is 51.8 Å². The third-order valence-electron chi connectivity index (χ3n) is 6.54. The van der Waals surface area contributed by atoms with Crippen LogP contribution in [0.4, 0.5) is 0 Å². The Morgan fingerprint density at radius 1 is 0.923 bits per heavy atom. The van der Waals surface area contributed by atoms with Crippen molar-refractivity contribution < 1.29 is 28.6 Å². The summed E-state index contributed by atoms with van der Waals surface area (Å²) < 4.78 is 16.1. The zero-order valence-electron chi connectivity index (χ0n) is 23.2. The normalized spacial score (nSPS) is 15.3. The maximum absolute atomic E-state index is 13.5. The number of benzene rings is 2. The van der Waals surface area contributed by atoms with Gasteiger partial charge in [0, 0.05) is 13.1 Å². The minimum atomic E-state index is -0.828. The Balaban J connectivity index is 1.64. The summed E-state index contributed by atoms with van der Waals surface area (Å²) in [5, 5.41) is 5.77. The molecule has 9 heteroatoms. The van der Waals surface area contributed by atoms with E-state index in [9.17, 15) is 14.4 Å². The lowest BCUT2D eigenvalue weighted by atomic mass is 10.0. The summed E-state index contributed by atoms with van der Waals surface area (Å²) in [6.07, 6.45) is 1.42. The minimum absolute atomic E-state index is 0.0843. The highest BCUT2D eigenvalue weighted by atomic mass is 16.5. The number of hydrogen-bond acceptors (Lipinski definition) is 7. The highest BCUT2D eigenvalue weighted by Crippen LogP contribution is 2.14. The van der Waals surface area contributed by atoms with Gasteiger partial charge < -0.3 is 24.8 Å². The molecule has 2 N–H and O–H groups in total. The topological polar surface area (TPSA) is 106 Å². The molecule has 2 amide bonds. The number of methoxy groups -OCH3 is 1. The van der Waals surface area contributed by atoms with E-state index in [0.29, 0.717) is 51.3 Å². The zero-order valence-corrected chi connectivity index (χ0v) is 23.2. The number of esters is 1. The van der Waals surface area contributed by atoms with Gasteiger partial charge in [-0.25, -0.2) is 4.79 Å². The first-order valence-corrected chi connectivity index (χ1v) is 13.6. The molecule has 9 nitrogen and oxygen atoms in total. The van der Waals surface area contributed by atoms with E-state index in [1.807, 2.05) is 61.2 Å². The number of amides is 2. The van der Waals surface area contributed by atoms with E-state index in [1.165, 1.54) is 0 Å². The van der Waals surface area contributed by atoms with Crippen molar-refractivity contribution in [2.75, 3.05) is 40.0 Å². The molecular formula is C30H41N3O6. The van der Waals surface area contributed by atoms with Gasteiger partial charge >= 0.3 is 5.97 Å². The number of carbonyl (C=O) groups excluding carboxylic acids is 3. The Morgan fingerprint density at radius 2 is 1.62 bits per heavy atom. The second kappa shape index (κ2) is 15.9. The number of nitrogens with zero attached hydrogens (tertiary/aromatic N) is 1. The van der Waals surface area contributed by atoms with Gasteiger partial charge in [0.2, 0.25) is 11.8 Å². The Labute approximate surface area is 231 Å². The van der Waals surface area contributed by atoms with Crippen LogP contribution in [-0.2, 0) is 36.9 Å². The first-order chi connectivity index (χ1) is 18.8. The van der Waals surface area contributed by atoms with Crippen LogP contribution in [0.5, 0.6) is 5.75 Å². The summed E-state index contributed by atoms with van der Waals surface area (Å²) in [6, 6.07) is 15.4. The van der Waals surface area contributed by atoms with E-state index in [4.69, 9.17) is 14.2 Å². The lowest BCUT2D eigenvalue weighted by Crippen LogP contribution is -2.54. The van der Waals surface area contributed by atoms with E-state index in [0.717, 1.165) is 11.1 Å². The summed E-state index contributed by atoms with van der Waals surface area (Å²) in [5.74, 6) is -0.273. The fourth-order valence-corrected chi connectivity index (χ4v) is 4.36. The quantitative estimate of drug-likeness (QED) is 0.356. The second-order valence-electron chi connectivity index (χ2n) is 10.2. The van der Waals surface area contributed by atoms with Crippen LogP contribution in [0.3, 0.4) is 0 Å². The molecule has 0 radical (unpaired) electrons. The fourth-order valence-electron chi connectivity index (χ4n) is 4.36. The Bertz CT molecular complexity index is 1040. The Morgan fingerprint density at radius 3 is 2.26 bits per heavy atom. The number of hydrogen-bond donors (Lipinski definition) is 2. The van der Waals surface area contributed by atoms with E-state index in [2.05, 4.69) is 10.6 Å². The van der Waals surface area contributed by atoms with Crippen LogP contribution in [0.15, 0.2) is 54.6 Å². The van der Waals surface area contributed by atoms with Gasteiger partial charge in [0.1, 0.15) is 24.4 Å². The number of rotatable bonds is 14. The maximum Gasteiger partial charge on any atom is 0.328 e. The average molecular weight is 540 g/mol. The van der Waals surface area contributed by atoms with E-state index >= 15 is 0 Å². The number of ether oxygens (including phenoxy) is 3. The molecule has 2 aromatic rings. The lowest BCUT2D eigenvalue weighted by Gasteiger charge is -2.27. The second-order valence-corrected chi connectivity index (χ2v) is 10.2. The fraction of sp³-hybridized carbons (Fsp3) is 0.500. The van der Waals surface area contributed by atoms with Crippen molar-refractivity contribution in [3.63, 3.8) is 0 Å². The molecule has 1 fully saturated rings. The van der Waals surface area contributed by atoms with E-state index in [1.54, 1.807) is 19.2 Å². The molecule has 1 heterocycles. The molecule has 0 aromatic heterocycles. The third-order valence-corrected chi connectivity index (χ3v) is 6.54. The molecule has 0 saturated carbocycles. The van der Waals surface area contributed by atoms with Crippen LogP contribution in [0, 0.1) is 5.92 Å². The summed E-state index contributed by atoms with van der Waals surface area (Å²) >= 11 is 0. The Hall–Kier alpha value is -3.43. The molecule has 0 bridgehead atoms. The van der Waals surface area contributed by atoms with Crippen LogP contribution in [-0.4, -0.2) is 74.7 Å².